The van der Waals surface area contributed by atoms with Crippen LogP contribution in [0.2, 0.25) is 0 Å². The van der Waals surface area contributed by atoms with E-state index in [9.17, 15) is 4.79 Å². The molecule has 0 fully saturated rings. The topological polar surface area (TPSA) is 65.2 Å². The quantitative estimate of drug-likeness (QED) is 0.528. The molecule has 1 aromatic rings. The van der Waals surface area contributed by atoms with Gasteiger partial charge in [0.05, 0.1) is 4.88 Å². The van der Waals surface area contributed by atoms with Crippen molar-refractivity contribution in [2.75, 3.05) is 0 Å². The van der Waals surface area contributed by atoms with Gasteiger partial charge >= 0.3 is 5.97 Å². The fraction of sp³-hybridized carbons (Fsp3) is 0.455. The molecule has 0 aliphatic carbocycles. The van der Waals surface area contributed by atoms with Crippen LogP contribution in [0.4, 0.5) is 0 Å². The molecule has 0 aliphatic rings. The van der Waals surface area contributed by atoms with Gasteiger partial charge in [-0.15, -0.1) is 11.3 Å². The number of carbonyl (C=O) groups excluding carboxylic acids is 1. The molecule has 2 N–H and O–H groups in total. The van der Waals surface area contributed by atoms with Gasteiger partial charge in [-0.05, 0) is 21.3 Å². The number of thiazole rings is 1. The van der Waals surface area contributed by atoms with E-state index in [-0.39, 0.29) is 5.41 Å². The molecule has 1 aromatic heterocycles. The van der Waals surface area contributed by atoms with Gasteiger partial charge in [-0.25, -0.2) is 9.78 Å². The van der Waals surface area contributed by atoms with Crippen LogP contribution < -0.4 is 5.73 Å². The van der Waals surface area contributed by atoms with Crippen LogP contribution in [0.5, 0.6) is 0 Å². The van der Waals surface area contributed by atoms with E-state index in [1.165, 1.54) is 11.3 Å². The Kier molecular flexibility index (Phi) is 4.46. The Morgan fingerprint density at radius 3 is 2.65 bits per heavy atom. The first kappa shape index (κ1) is 14.3. The summed E-state index contributed by atoms with van der Waals surface area (Å²) in [5.41, 5.74) is 5.83. The number of rotatable bonds is 3. The van der Waals surface area contributed by atoms with E-state index in [1.54, 1.807) is 6.20 Å². The Labute approximate surface area is 113 Å². The van der Waals surface area contributed by atoms with E-state index >= 15 is 0 Å². The molecule has 1 unspecified atom stereocenters. The van der Waals surface area contributed by atoms with Gasteiger partial charge in [0.15, 0.2) is 10.1 Å². The third-order valence-electron chi connectivity index (χ3n) is 2.16. The molecule has 0 spiro atoms. The molecule has 4 nitrogen and oxygen atoms in total. The van der Waals surface area contributed by atoms with E-state index in [0.717, 1.165) is 0 Å². The fourth-order valence-corrected chi connectivity index (χ4v) is 2.18. The van der Waals surface area contributed by atoms with Gasteiger partial charge in [0.25, 0.3) is 0 Å². The maximum atomic E-state index is 11.8. The molecule has 94 valence electrons. The molecule has 0 radical (unpaired) electrons. The first-order valence-corrected chi connectivity index (χ1v) is 6.60. The smallest absolute Gasteiger partial charge is 0.335 e. The zero-order valence-electron chi connectivity index (χ0n) is 9.99. The highest BCUT2D eigenvalue weighted by molar-refractivity contribution is 9.11. The van der Waals surface area contributed by atoms with Crippen LogP contribution in [0.3, 0.4) is 0 Å². The lowest BCUT2D eigenvalue weighted by molar-refractivity contribution is -0.145. The molecule has 17 heavy (non-hydrogen) atoms. The molecule has 0 aliphatic heterocycles. The molecule has 6 heteroatoms. The van der Waals surface area contributed by atoms with Gasteiger partial charge in [0, 0.05) is 11.8 Å². The monoisotopic (exact) mass is 318 g/mol. The summed E-state index contributed by atoms with van der Waals surface area (Å²) in [5.74, 6) is -0.477. The molecule has 0 saturated carbocycles. The number of halogens is 1. The van der Waals surface area contributed by atoms with Gasteiger partial charge in [-0.2, -0.15) is 0 Å². The van der Waals surface area contributed by atoms with Crippen LogP contribution in [0.15, 0.2) is 22.3 Å². The van der Waals surface area contributed by atoms with Crippen molar-refractivity contribution in [1.82, 2.24) is 4.98 Å². The lowest BCUT2D eigenvalue weighted by Crippen LogP contribution is -2.24. The second-order valence-electron chi connectivity index (χ2n) is 4.57. The average molecular weight is 319 g/mol. The van der Waals surface area contributed by atoms with Gasteiger partial charge in [0.2, 0.25) is 0 Å². The number of ether oxygens (including phenoxy) is 1. The van der Waals surface area contributed by atoms with E-state index in [1.807, 2.05) is 20.8 Å². The Hall–Kier alpha value is -0.720. The van der Waals surface area contributed by atoms with E-state index < -0.39 is 12.2 Å². The van der Waals surface area contributed by atoms with Crippen LogP contribution in [0, 0.1) is 5.41 Å². The Bertz CT molecular complexity index is 437. The molecule has 1 atom stereocenters. The second kappa shape index (κ2) is 5.29. The van der Waals surface area contributed by atoms with Crippen molar-refractivity contribution in [3.8, 4) is 0 Å². The van der Waals surface area contributed by atoms with Crippen molar-refractivity contribution in [2.45, 2.75) is 27.0 Å². The Morgan fingerprint density at radius 1 is 1.65 bits per heavy atom. The normalized spacial score (nSPS) is 13.2. The molecule has 1 rings (SSSR count). The van der Waals surface area contributed by atoms with Crippen LogP contribution in [-0.2, 0) is 9.53 Å². The van der Waals surface area contributed by atoms with E-state index in [4.69, 9.17) is 10.5 Å². The minimum Gasteiger partial charge on any atom is -0.438 e. The highest BCUT2D eigenvalue weighted by Crippen LogP contribution is 2.28. The summed E-state index contributed by atoms with van der Waals surface area (Å²) < 4.78 is 5.83. The van der Waals surface area contributed by atoms with Gasteiger partial charge in [-0.1, -0.05) is 27.4 Å². The SMILES string of the molecule is C=C(C(=O)OC(N)c1cnc(Br)s1)C(C)(C)C. The summed E-state index contributed by atoms with van der Waals surface area (Å²) in [7, 11) is 0. The highest BCUT2D eigenvalue weighted by Gasteiger charge is 2.25. The van der Waals surface area contributed by atoms with Crippen LogP contribution >= 0.6 is 27.3 Å². The minimum absolute atomic E-state index is 0.328. The molecule has 0 saturated heterocycles. The van der Waals surface area contributed by atoms with Crippen molar-refractivity contribution in [1.29, 1.82) is 0 Å². The third-order valence-corrected chi connectivity index (χ3v) is 3.70. The molecular weight excluding hydrogens is 304 g/mol. The van der Waals surface area contributed by atoms with Crippen molar-refractivity contribution < 1.29 is 9.53 Å². The number of carbonyl (C=O) groups is 1. The summed E-state index contributed by atoms with van der Waals surface area (Å²) in [6.07, 6.45) is 0.775. The number of hydrogen-bond donors (Lipinski definition) is 1. The lowest BCUT2D eigenvalue weighted by Gasteiger charge is -2.21. The van der Waals surface area contributed by atoms with Gasteiger partial charge in [0.1, 0.15) is 0 Å². The zero-order chi connectivity index (χ0) is 13.2. The number of nitrogens with zero attached hydrogens (tertiary/aromatic N) is 1. The van der Waals surface area contributed by atoms with Crippen molar-refractivity contribution in [3.63, 3.8) is 0 Å². The second-order valence-corrected chi connectivity index (χ2v) is 6.91. The predicted octanol–water partition coefficient (Wildman–Crippen LogP) is 3.01. The summed E-state index contributed by atoms with van der Waals surface area (Å²) in [6.45, 7) is 9.41. The summed E-state index contributed by atoms with van der Waals surface area (Å²) in [5, 5.41) is 0. The third kappa shape index (κ3) is 3.90. The maximum absolute atomic E-state index is 11.8. The first-order chi connectivity index (χ1) is 7.71. The van der Waals surface area contributed by atoms with Crippen LogP contribution in [0.25, 0.3) is 0 Å². The predicted molar refractivity (Wildman–Crippen MR) is 71.4 cm³/mol. The van der Waals surface area contributed by atoms with Crippen LogP contribution in [0.1, 0.15) is 31.9 Å². The van der Waals surface area contributed by atoms with Crippen molar-refractivity contribution >= 4 is 33.2 Å². The molecule has 0 bridgehead atoms. The molecular formula is C11H15BrN2O2S. The number of aromatic nitrogens is 1. The summed E-state index contributed by atoms with van der Waals surface area (Å²) >= 11 is 4.55. The van der Waals surface area contributed by atoms with Crippen molar-refractivity contribution in [3.05, 3.63) is 27.1 Å². The maximum Gasteiger partial charge on any atom is 0.335 e. The average Bonchev–Trinajstić information content (AvgIpc) is 2.62. The van der Waals surface area contributed by atoms with Crippen molar-refractivity contribution in [2.24, 2.45) is 11.1 Å². The molecule has 0 aromatic carbocycles. The zero-order valence-corrected chi connectivity index (χ0v) is 12.4. The lowest BCUT2D eigenvalue weighted by atomic mass is 9.88. The first-order valence-electron chi connectivity index (χ1n) is 4.99. The fourth-order valence-electron chi connectivity index (χ4n) is 0.947. The van der Waals surface area contributed by atoms with E-state index in [2.05, 4.69) is 27.5 Å². The standard InChI is InChI=1S/C11H15BrN2O2S/c1-6(11(2,3)4)9(15)16-8(13)7-5-14-10(12)17-7/h5,8H,1,13H2,2-4H3. The van der Waals surface area contributed by atoms with E-state index in [0.29, 0.717) is 14.4 Å². The Morgan fingerprint density at radius 2 is 2.24 bits per heavy atom. The molecule has 1 heterocycles. The number of esters is 1. The largest absolute Gasteiger partial charge is 0.438 e. The van der Waals surface area contributed by atoms with Gasteiger partial charge in [-0.3, -0.25) is 5.73 Å². The minimum atomic E-state index is -0.801. The highest BCUT2D eigenvalue weighted by atomic mass is 79.9. The number of nitrogens with two attached hydrogens (primary N) is 1. The van der Waals surface area contributed by atoms with Crippen LogP contribution in [-0.4, -0.2) is 11.0 Å². The molecule has 0 amide bonds. The van der Waals surface area contributed by atoms with Gasteiger partial charge < -0.3 is 4.74 Å². The summed E-state index contributed by atoms with van der Waals surface area (Å²) in [6, 6.07) is 0. The Balaban J connectivity index is 2.67. The number of hydrogen-bond acceptors (Lipinski definition) is 5. The summed E-state index contributed by atoms with van der Waals surface area (Å²) in [4.78, 5) is 16.4.